The van der Waals surface area contributed by atoms with Crippen LogP contribution in [0.25, 0.3) is 11.5 Å². The third-order valence-electron chi connectivity index (χ3n) is 5.17. The molecule has 0 spiro atoms. The monoisotopic (exact) mass is 314 g/mol. The summed E-state index contributed by atoms with van der Waals surface area (Å²) in [5.74, 6) is 1.74. The van der Waals surface area contributed by atoms with Crippen molar-refractivity contribution in [2.24, 2.45) is 0 Å². The lowest BCUT2D eigenvalue weighted by atomic mass is 9.79. The lowest BCUT2D eigenvalue weighted by Gasteiger charge is -2.37. The van der Waals surface area contributed by atoms with E-state index in [1.807, 2.05) is 0 Å². The van der Waals surface area contributed by atoms with E-state index in [1.54, 1.807) is 7.11 Å². The Bertz CT molecular complexity index is 650. The average molecular weight is 314 g/mol. The molecule has 1 saturated carbocycles. The van der Waals surface area contributed by atoms with E-state index in [0.717, 1.165) is 44.5 Å². The van der Waals surface area contributed by atoms with Gasteiger partial charge in [0.1, 0.15) is 5.60 Å². The minimum atomic E-state index is -0.332. The first-order chi connectivity index (χ1) is 11.3. The Balaban J connectivity index is 1.53. The fourth-order valence-corrected chi connectivity index (χ4v) is 3.44. The molecule has 1 aromatic carbocycles. The first-order valence-electron chi connectivity index (χ1n) is 8.38. The van der Waals surface area contributed by atoms with Crippen molar-refractivity contribution in [2.75, 3.05) is 20.3 Å². The van der Waals surface area contributed by atoms with Crippen molar-refractivity contribution >= 4 is 0 Å². The quantitative estimate of drug-likeness (QED) is 0.862. The van der Waals surface area contributed by atoms with E-state index in [0.29, 0.717) is 17.6 Å². The van der Waals surface area contributed by atoms with Gasteiger partial charge in [0, 0.05) is 25.2 Å². The lowest BCUT2D eigenvalue weighted by Crippen LogP contribution is -2.37. The summed E-state index contributed by atoms with van der Waals surface area (Å²) in [4.78, 5) is 4.56. The number of hydrogen-bond acceptors (Lipinski definition) is 5. The van der Waals surface area contributed by atoms with E-state index in [9.17, 15) is 0 Å². The molecule has 2 aromatic rings. The number of hydrogen-bond donors (Lipinski definition) is 0. The molecule has 23 heavy (non-hydrogen) atoms. The molecule has 1 saturated heterocycles. The van der Waals surface area contributed by atoms with Gasteiger partial charge in [-0.05, 0) is 49.8 Å². The Hall–Kier alpha value is -1.72. The van der Waals surface area contributed by atoms with Crippen LogP contribution in [0.2, 0.25) is 0 Å². The van der Waals surface area contributed by atoms with Gasteiger partial charge in [-0.2, -0.15) is 4.98 Å². The van der Waals surface area contributed by atoms with E-state index < -0.39 is 0 Å². The third-order valence-corrected chi connectivity index (χ3v) is 5.17. The predicted molar refractivity (Wildman–Crippen MR) is 85.1 cm³/mol. The van der Waals surface area contributed by atoms with Crippen LogP contribution in [0.3, 0.4) is 0 Å². The molecule has 4 rings (SSSR count). The summed E-state index contributed by atoms with van der Waals surface area (Å²) in [7, 11) is 1.72. The Kier molecular flexibility index (Phi) is 3.91. The van der Waals surface area contributed by atoms with Crippen LogP contribution in [0.5, 0.6) is 0 Å². The summed E-state index contributed by atoms with van der Waals surface area (Å²) < 4.78 is 16.6. The van der Waals surface area contributed by atoms with Gasteiger partial charge < -0.3 is 14.0 Å². The van der Waals surface area contributed by atoms with Crippen molar-refractivity contribution in [3.05, 3.63) is 35.7 Å². The van der Waals surface area contributed by atoms with E-state index >= 15 is 0 Å². The molecule has 0 radical (unpaired) electrons. The van der Waals surface area contributed by atoms with Gasteiger partial charge in [-0.25, -0.2) is 0 Å². The summed E-state index contributed by atoms with van der Waals surface area (Å²) >= 11 is 0. The van der Waals surface area contributed by atoms with Gasteiger partial charge in [0.25, 0.3) is 5.89 Å². The highest BCUT2D eigenvalue weighted by Crippen LogP contribution is 2.43. The SMILES string of the molecule is COC1(c2noc(-c3ccc(C4CCCOC4)cc3)n2)CCC1. The van der Waals surface area contributed by atoms with Crippen molar-refractivity contribution in [1.82, 2.24) is 10.1 Å². The summed E-state index contributed by atoms with van der Waals surface area (Å²) in [5.41, 5.74) is 1.94. The molecule has 122 valence electrons. The highest BCUT2D eigenvalue weighted by molar-refractivity contribution is 5.53. The van der Waals surface area contributed by atoms with Gasteiger partial charge in [0.15, 0.2) is 0 Å². The van der Waals surface area contributed by atoms with Crippen molar-refractivity contribution in [2.45, 2.75) is 43.6 Å². The van der Waals surface area contributed by atoms with Gasteiger partial charge in [-0.3, -0.25) is 0 Å². The molecule has 2 aliphatic rings. The predicted octanol–water partition coefficient (Wildman–Crippen LogP) is 3.66. The molecular formula is C18H22N2O3. The number of benzene rings is 1. The summed E-state index contributed by atoms with van der Waals surface area (Å²) in [5, 5.41) is 4.14. The van der Waals surface area contributed by atoms with Crippen molar-refractivity contribution in [1.29, 1.82) is 0 Å². The van der Waals surface area contributed by atoms with E-state index in [4.69, 9.17) is 14.0 Å². The van der Waals surface area contributed by atoms with Crippen molar-refractivity contribution in [3.63, 3.8) is 0 Å². The minimum absolute atomic E-state index is 0.332. The number of aromatic nitrogens is 2. The molecule has 0 amide bonds. The highest BCUT2D eigenvalue weighted by atomic mass is 16.5. The topological polar surface area (TPSA) is 57.4 Å². The van der Waals surface area contributed by atoms with Crippen LogP contribution in [-0.4, -0.2) is 30.5 Å². The second-order valence-electron chi connectivity index (χ2n) is 6.51. The Morgan fingerprint density at radius 1 is 1.17 bits per heavy atom. The van der Waals surface area contributed by atoms with Crippen LogP contribution < -0.4 is 0 Å². The third kappa shape index (κ3) is 2.68. The second-order valence-corrected chi connectivity index (χ2v) is 6.51. The molecule has 1 atom stereocenters. The molecule has 1 unspecified atom stereocenters. The minimum Gasteiger partial charge on any atom is -0.381 e. The molecule has 2 heterocycles. The molecule has 5 heteroatoms. The number of methoxy groups -OCH3 is 1. The number of ether oxygens (including phenoxy) is 2. The Labute approximate surface area is 136 Å². The molecule has 1 aliphatic heterocycles. The standard InChI is InChI=1S/C18H22N2O3/c1-21-18(9-3-10-18)17-19-16(23-20-17)14-7-5-13(6-8-14)15-4-2-11-22-12-15/h5-8,15H,2-4,9-12H2,1H3. The number of nitrogens with zero attached hydrogens (tertiary/aromatic N) is 2. The zero-order valence-corrected chi connectivity index (χ0v) is 13.5. The zero-order chi connectivity index (χ0) is 15.7. The average Bonchev–Trinajstić information content (AvgIpc) is 3.06. The maximum Gasteiger partial charge on any atom is 0.258 e. The molecule has 1 aliphatic carbocycles. The molecular weight excluding hydrogens is 292 g/mol. The van der Waals surface area contributed by atoms with Crippen molar-refractivity contribution < 1.29 is 14.0 Å². The summed E-state index contributed by atoms with van der Waals surface area (Å²) in [6, 6.07) is 8.41. The first-order valence-corrected chi connectivity index (χ1v) is 8.38. The van der Waals surface area contributed by atoms with Gasteiger partial charge >= 0.3 is 0 Å². The Morgan fingerprint density at radius 3 is 2.61 bits per heavy atom. The van der Waals surface area contributed by atoms with Crippen LogP contribution in [0.4, 0.5) is 0 Å². The van der Waals surface area contributed by atoms with Gasteiger partial charge in [-0.15, -0.1) is 0 Å². The maximum atomic E-state index is 5.61. The van der Waals surface area contributed by atoms with Gasteiger partial charge in [0.2, 0.25) is 5.82 Å². The second kappa shape index (κ2) is 6.06. The van der Waals surface area contributed by atoms with Crippen LogP contribution in [0, 0.1) is 0 Å². The normalized spacial score (nSPS) is 23.4. The largest absolute Gasteiger partial charge is 0.381 e. The fraction of sp³-hybridized carbons (Fsp3) is 0.556. The summed E-state index contributed by atoms with van der Waals surface area (Å²) in [6.07, 6.45) is 5.40. The summed E-state index contributed by atoms with van der Waals surface area (Å²) in [6.45, 7) is 1.71. The van der Waals surface area contributed by atoms with E-state index in [-0.39, 0.29) is 5.60 Å². The van der Waals surface area contributed by atoms with Crippen LogP contribution in [-0.2, 0) is 15.1 Å². The fourth-order valence-electron chi connectivity index (χ4n) is 3.44. The van der Waals surface area contributed by atoms with Crippen LogP contribution in [0.15, 0.2) is 28.8 Å². The van der Waals surface area contributed by atoms with Gasteiger partial charge in [0.05, 0.1) is 6.61 Å². The van der Waals surface area contributed by atoms with Gasteiger partial charge in [-0.1, -0.05) is 17.3 Å². The van der Waals surface area contributed by atoms with E-state index in [1.165, 1.54) is 12.0 Å². The van der Waals surface area contributed by atoms with Crippen LogP contribution >= 0.6 is 0 Å². The maximum absolute atomic E-state index is 5.61. The molecule has 0 N–H and O–H groups in total. The first kappa shape index (κ1) is 14.8. The molecule has 5 nitrogen and oxygen atoms in total. The number of rotatable bonds is 4. The molecule has 2 fully saturated rings. The van der Waals surface area contributed by atoms with E-state index in [2.05, 4.69) is 34.4 Å². The molecule has 0 bridgehead atoms. The zero-order valence-electron chi connectivity index (χ0n) is 13.5. The smallest absolute Gasteiger partial charge is 0.258 e. The Morgan fingerprint density at radius 2 is 2.00 bits per heavy atom. The van der Waals surface area contributed by atoms with Crippen LogP contribution in [0.1, 0.15) is 49.4 Å². The highest BCUT2D eigenvalue weighted by Gasteiger charge is 2.43. The lowest BCUT2D eigenvalue weighted by molar-refractivity contribution is -0.0858. The molecule has 1 aromatic heterocycles. The van der Waals surface area contributed by atoms with Crippen molar-refractivity contribution in [3.8, 4) is 11.5 Å².